The molecule has 51 valence electrons. The van der Waals surface area contributed by atoms with E-state index < -0.39 is 11.7 Å². The third-order valence-corrected chi connectivity index (χ3v) is 0.705. The van der Waals surface area contributed by atoms with Crippen LogP contribution in [0, 0.1) is 0 Å². The minimum absolute atomic E-state index is 0.420. The SMILES string of the molecule is CC(C)(C)OC(=O)N[Si]. The zero-order valence-electron chi connectivity index (χ0n) is 5.82. The molecule has 3 nitrogen and oxygen atoms in total. The van der Waals surface area contributed by atoms with Gasteiger partial charge in [0.2, 0.25) is 0 Å². The van der Waals surface area contributed by atoms with Crippen LogP contribution >= 0.6 is 0 Å². The monoisotopic (exact) mass is 144 g/mol. The topological polar surface area (TPSA) is 38.3 Å². The number of nitrogens with one attached hydrogen (secondary N) is 1. The maximum absolute atomic E-state index is 10.4. The minimum Gasteiger partial charge on any atom is -0.444 e. The Hall–Kier alpha value is -0.513. The fourth-order valence-corrected chi connectivity index (χ4v) is 0.355. The zero-order chi connectivity index (χ0) is 7.49. The summed E-state index contributed by atoms with van der Waals surface area (Å²) in [6, 6.07) is 0. The van der Waals surface area contributed by atoms with E-state index in [1.807, 2.05) is 0 Å². The summed E-state index contributed by atoms with van der Waals surface area (Å²) >= 11 is 0. The van der Waals surface area contributed by atoms with E-state index in [1.165, 1.54) is 0 Å². The molecule has 0 aliphatic carbocycles. The van der Waals surface area contributed by atoms with Crippen molar-refractivity contribution in [3.05, 3.63) is 0 Å². The van der Waals surface area contributed by atoms with E-state index in [4.69, 9.17) is 4.74 Å². The maximum Gasteiger partial charge on any atom is 0.399 e. The van der Waals surface area contributed by atoms with Gasteiger partial charge < -0.3 is 9.72 Å². The average molecular weight is 144 g/mol. The van der Waals surface area contributed by atoms with Gasteiger partial charge in [0.25, 0.3) is 0 Å². The second kappa shape index (κ2) is 2.86. The van der Waals surface area contributed by atoms with E-state index in [0.717, 1.165) is 0 Å². The highest BCUT2D eigenvalue weighted by molar-refractivity contribution is 6.12. The predicted octanol–water partition coefficient (Wildman–Crippen LogP) is 0.595. The normalized spacial score (nSPS) is 10.7. The molecular weight excluding hydrogens is 134 g/mol. The van der Waals surface area contributed by atoms with E-state index in [9.17, 15) is 4.79 Å². The first-order valence-corrected chi connectivity index (χ1v) is 3.11. The van der Waals surface area contributed by atoms with Gasteiger partial charge in [-0.1, -0.05) is 0 Å². The van der Waals surface area contributed by atoms with Gasteiger partial charge in [-0.2, -0.15) is 0 Å². The van der Waals surface area contributed by atoms with Gasteiger partial charge in [-0.05, 0) is 20.8 Å². The van der Waals surface area contributed by atoms with Gasteiger partial charge in [-0.25, -0.2) is 4.79 Å². The molecule has 0 rings (SSSR count). The molecule has 3 radical (unpaired) electrons. The molecule has 0 atom stereocenters. The molecule has 0 bridgehead atoms. The summed E-state index contributed by atoms with van der Waals surface area (Å²) in [5, 5.41) is 0. The summed E-state index contributed by atoms with van der Waals surface area (Å²) in [5.41, 5.74) is -0.420. The van der Waals surface area contributed by atoms with Crippen LogP contribution in [0.15, 0.2) is 0 Å². The molecule has 0 aliphatic rings. The summed E-state index contributed by atoms with van der Waals surface area (Å²) in [6.45, 7) is 5.40. The number of ether oxygens (including phenoxy) is 1. The van der Waals surface area contributed by atoms with Crippen molar-refractivity contribution in [1.29, 1.82) is 0 Å². The molecule has 0 saturated heterocycles. The molecule has 0 saturated carbocycles. The molecular formula is C5H10NO2Si. The molecule has 0 fully saturated rings. The van der Waals surface area contributed by atoms with Crippen molar-refractivity contribution < 1.29 is 9.53 Å². The van der Waals surface area contributed by atoms with Gasteiger partial charge in [-0.15, -0.1) is 0 Å². The van der Waals surface area contributed by atoms with Gasteiger partial charge >= 0.3 is 6.09 Å². The van der Waals surface area contributed by atoms with Gasteiger partial charge in [0.05, 0.1) is 0 Å². The molecule has 4 heteroatoms. The van der Waals surface area contributed by atoms with Crippen LogP contribution in [0.3, 0.4) is 0 Å². The summed E-state index contributed by atoms with van der Waals surface area (Å²) in [7, 11) is 2.79. The molecule has 0 spiro atoms. The zero-order valence-corrected chi connectivity index (χ0v) is 6.82. The predicted molar refractivity (Wildman–Crippen MR) is 35.1 cm³/mol. The summed E-state index contributed by atoms with van der Waals surface area (Å²) in [4.78, 5) is 12.6. The molecule has 1 N–H and O–H groups in total. The lowest BCUT2D eigenvalue weighted by atomic mass is 10.2. The van der Waals surface area contributed by atoms with Crippen LogP contribution < -0.4 is 4.98 Å². The Morgan fingerprint density at radius 1 is 1.56 bits per heavy atom. The molecule has 0 aliphatic heterocycles. The second-order valence-corrected chi connectivity index (χ2v) is 2.88. The van der Waals surface area contributed by atoms with Crippen LogP contribution in [0.5, 0.6) is 0 Å². The van der Waals surface area contributed by atoms with Crippen LogP contribution in [0.4, 0.5) is 4.79 Å². The average Bonchev–Trinajstić information content (AvgIpc) is 1.62. The summed E-state index contributed by atoms with van der Waals surface area (Å²) in [5.74, 6) is 0. The third-order valence-electron chi connectivity index (χ3n) is 0.501. The molecule has 0 heterocycles. The van der Waals surface area contributed by atoms with E-state index in [2.05, 4.69) is 15.4 Å². The van der Waals surface area contributed by atoms with Crippen LogP contribution in [0.25, 0.3) is 0 Å². The Kier molecular flexibility index (Phi) is 2.70. The molecule has 0 aromatic carbocycles. The van der Waals surface area contributed by atoms with E-state index in [-0.39, 0.29) is 0 Å². The van der Waals surface area contributed by atoms with Crippen molar-refractivity contribution in [3.8, 4) is 0 Å². The number of carbonyl (C=O) groups excluding carboxylic acids is 1. The first-order chi connectivity index (χ1) is 3.95. The third kappa shape index (κ3) is 5.36. The molecule has 0 aromatic rings. The van der Waals surface area contributed by atoms with Gasteiger partial charge in [0.1, 0.15) is 5.60 Å². The van der Waals surface area contributed by atoms with Crippen molar-refractivity contribution in [2.45, 2.75) is 26.4 Å². The van der Waals surface area contributed by atoms with E-state index >= 15 is 0 Å². The van der Waals surface area contributed by atoms with Crippen molar-refractivity contribution >= 4 is 16.5 Å². The first-order valence-electron chi connectivity index (χ1n) is 2.61. The van der Waals surface area contributed by atoms with Crippen LogP contribution in [-0.2, 0) is 4.74 Å². The Morgan fingerprint density at radius 3 is 2.11 bits per heavy atom. The van der Waals surface area contributed by atoms with Gasteiger partial charge in [0.15, 0.2) is 10.4 Å². The lowest BCUT2D eigenvalue weighted by Crippen LogP contribution is -2.30. The fraction of sp³-hybridized carbons (Fsp3) is 0.800. The Morgan fingerprint density at radius 2 is 2.00 bits per heavy atom. The minimum atomic E-state index is -0.473. The van der Waals surface area contributed by atoms with Crippen molar-refractivity contribution in [3.63, 3.8) is 0 Å². The molecule has 0 unspecified atom stereocenters. The van der Waals surface area contributed by atoms with E-state index in [1.54, 1.807) is 20.8 Å². The molecule has 0 aromatic heterocycles. The number of carbonyl (C=O) groups is 1. The molecule has 1 amide bonds. The highest BCUT2D eigenvalue weighted by Gasteiger charge is 2.13. The highest BCUT2D eigenvalue weighted by Crippen LogP contribution is 2.05. The van der Waals surface area contributed by atoms with Gasteiger partial charge in [-0.3, -0.25) is 0 Å². The van der Waals surface area contributed by atoms with Crippen molar-refractivity contribution in [2.75, 3.05) is 0 Å². The van der Waals surface area contributed by atoms with Crippen molar-refractivity contribution in [2.24, 2.45) is 0 Å². The lowest BCUT2D eigenvalue weighted by molar-refractivity contribution is 0.0570. The Balaban J connectivity index is 3.60. The van der Waals surface area contributed by atoms with E-state index in [0.29, 0.717) is 0 Å². The lowest BCUT2D eigenvalue weighted by Gasteiger charge is -2.18. The number of rotatable bonds is 0. The van der Waals surface area contributed by atoms with Crippen LogP contribution in [0.1, 0.15) is 20.8 Å². The Labute approximate surface area is 58.3 Å². The smallest absolute Gasteiger partial charge is 0.399 e. The van der Waals surface area contributed by atoms with Crippen molar-refractivity contribution in [1.82, 2.24) is 4.98 Å². The quantitative estimate of drug-likeness (QED) is 0.505. The number of hydrogen-bond donors (Lipinski definition) is 1. The summed E-state index contributed by atoms with van der Waals surface area (Å²) < 4.78 is 4.79. The van der Waals surface area contributed by atoms with Crippen LogP contribution in [0.2, 0.25) is 0 Å². The Bertz CT molecular complexity index is 108. The number of amides is 1. The fourth-order valence-electron chi connectivity index (χ4n) is 0.304. The first kappa shape index (κ1) is 8.49. The number of hydrogen-bond acceptors (Lipinski definition) is 2. The summed E-state index contributed by atoms with van der Waals surface area (Å²) in [6.07, 6.45) is -0.473. The second-order valence-electron chi connectivity index (χ2n) is 2.63. The maximum atomic E-state index is 10.4. The van der Waals surface area contributed by atoms with Gasteiger partial charge in [0, 0.05) is 0 Å². The highest BCUT2D eigenvalue weighted by atomic mass is 28.2. The molecule has 9 heavy (non-hydrogen) atoms. The standard InChI is InChI=1S/C5H10NO2Si/c1-5(2,3)8-4(7)6-9/h1-3H3,(H,6,7). The van der Waals surface area contributed by atoms with Crippen LogP contribution in [-0.4, -0.2) is 22.1 Å². The largest absolute Gasteiger partial charge is 0.444 e.